The van der Waals surface area contributed by atoms with E-state index in [0.29, 0.717) is 22.9 Å². The molecule has 0 saturated carbocycles. The predicted molar refractivity (Wildman–Crippen MR) is 90.1 cm³/mol. The zero-order valence-electron chi connectivity index (χ0n) is 13.1. The van der Waals surface area contributed by atoms with E-state index in [4.69, 9.17) is 5.73 Å². The Morgan fingerprint density at radius 2 is 2.24 bits per heavy atom. The van der Waals surface area contributed by atoms with Crippen molar-refractivity contribution in [3.63, 3.8) is 0 Å². The number of hydrogen-bond donors (Lipinski definition) is 3. The second-order valence-corrected chi connectivity index (χ2v) is 7.08. The van der Waals surface area contributed by atoms with E-state index in [9.17, 15) is 13.6 Å². The number of fused-ring (bicyclic) bond motifs is 2. The van der Waals surface area contributed by atoms with Crippen LogP contribution in [0.25, 0.3) is 11.0 Å². The largest absolute Gasteiger partial charge is 0.375 e. The minimum absolute atomic E-state index is 0.0727. The van der Waals surface area contributed by atoms with Crippen LogP contribution in [0.1, 0.15) is 35.2 Å². The maximum atomic E-state index is 13.7. The van der Waals surface area contributed by atoms with Crippen molar-refractivity contribution in [2.24, 2.45) is 0 Å². The molecule has 0 radical (unpaired) electrons. The van der Waals surface area contributed by atoms with E-state index in [0.717, 1.165) is 29.5 Å². The molecule has 0 aliphatic heterocycles. The normalized spacial score (nSPS) is 16.8. The van der Waals surface area contributed by atoms with Crippen LogP contribution < -0.4 is 11.1 Å². The molecule has 6 nitrogen and oxygen atoms in total. The summed E-state index contributed by atoms with van der Waals surface area (Å²) >= 11 is 1.42. The fraction of sp³-hybridized carbons (Fsp3) is 0.312. The Hall–Kier alpha value is -2.55. The van der Waals surface area contributed by atoms with Crippen molar-refractivity contribution >= 4 is 33.4 Å². The van der Waals surface area contributed by atoms with Crippen molar-refractivity contribution in [2.45, 2.75) is 31.7 Å². The van der Waals surface area contributed by atoms with Crippen LogP contribution in [0, 0.1) is 11.6 Å². The molecule has 1 amide bonds. The number of carbonyl (C=O) groups excluding carboxylic acids is 1. The van der Waals surface area contributed by atoms with E-state index in [-0.39, 0.29) is 23.9 Å². The van der Waals surface area contributed by atoms with Crippen molar-refractivity contribution in [2.75, 3.05) is 5.73 Å². The van der Waals surface area contributed by atoms with Crippen LogP contribution in [-0.4, -0.2) is 20.9 Å². The molecule has 1 unspecified atom stereocenters. The third kappa shape index (κ3) is 2.84. The second-order valence-electron chi connectivity index (χ2n) is 5.96. The lowest BCUT2D eigenvalue weighted by molar-refractivity contribution is -0.123. The minimum Gasteiger partial charge on any atom is -0.375 e. The predicted octanol–water partition coefficient (Wildman–Crippen LogP) is 2.62. The number of carbonyl (C=O) groups is 1. The van der Waals surface area contributed by atoms with Gasteiger partial charge in [-0.05, 0) is 31.4 Å². The maximum absolute atomic E-state index is 13.7. The first-order valence-electron chi connectivity index (χ1n) is 7.88. The first-order valence-corrected chi connectivity index (χ1v) is 8.70. The summed E-state index contributed by atoms with van der Waals surface area (Å²) in [5.41, 5.74) is 6.82. The first-order chi connectivity index (χ1) is 12.0. The molecule has 1 aliphatic rings. The number of H-pyrrole nitrogens is 1. The topological polar surface area (TPSA) is 96.7 Å². The lowest BCUT2D eigenvalue weighted by Crippen LogP contribution is -2.31. The summed E-state index contributed by atoms with van der Waals surface area (Å²) in [6.07, 6.45) is 2.51. The number of hydrogen-bond acceptors (Lipinski definition) is 5. The lowest BCUT2D eigenvalue weighted by atomic mass is 9.90. The Labute approximate surface area is 145 Å². The highest BCUT2D eigenvalue weighted by atomic mass is 32.1. The maximum Gasteiger partial charge on any atom is 0.229 e. The SMILES string of the molecule is Nc1nc2c(s1)CCCC2C(=O)NCc1nc2c(F)c(F)ccc2[nH]1. The van der Waals surface area contributed by atoms with Gasteiger partial charge in [-0.2, -0.15) is 0 Å². The Bertz CT molecular complexity index is 967. The molecule has 25 heavy (non-hydrogen) atoms. The standard InChI is InChI=1S/C16H15F2N5OS/c17-8-4-5-9-14(12(8)18)22-11(21-9)6-20-15(24)7-2-1-3-10-13(7)23-16(19)25-10/h4-5,7H,1-3,6H2,(H2,19,23)(H,20,24)(H,21,22). The third-order valence-corrected chi connectivity index (χ3v) is 5.27. The van der Waals surface area contributed by atoms with Crippen LogP contribution in [0.2, 0.25) is 0 Å². The molecule has 1 aromatic carbocycles. The van der Waals surface area contributed by atoms with Crippen molar-refractivity contribution in [1.29, 1.82) is 0 Å². The van der Waals surface area contributed by atoms with Crippen LogP contribution >= 0.6 is 11.3 Å². The van der Waals surface area contributed by atoms with Crippen molar-refractivity contribution in [3.8, 4) is 0 Å². The van der Waals surface area contributed by atoms with Gasteiger partial charge in [-0.3, -0.25) is 4.79 Å². The summed E-state index contributed by atoms with van der Waals surface area (Å²) in [5.74, 6) is -2.09. The average Bonchev–Trinajstić information content (AvgIpc) is 3.18. The monoisotopic (exact) mass is 363 g/mol. The Balaban J connectivity index is 1.50. The van der Waals surface area contributed by atoms with Gasteiger partial charge in [0.1, 0.15) is 11.3 Å². The Kier molecular flexibility index (Phi) is 3.87. The molecular weight excluding hydrogens is 348 g/mol. The van der Waals surface area contributed by atoms with Crippen LogP contribution in [0.15, 0.2) is 12.1 Å². The quantitative estimate of drug-likeness (QED) is 0.666. The molecule has 0 fully saturated rings. The van der Waals surface area contributed by atoms with Crippen molar-refractivity contribution in [1.82, 2.24) is 20.3 Å². The van der Waals surface area contributed by atoms with Gasteiger partial charge in [0.25, 0.3) is 0 Å². The van der Waals surface area contributed by atoms with E-state index in [1.165, 1.54) is 17.4 Å². The van der Waals surface area contributed by atoms with Gasteiger partial charge in [-0.15, -0.1) is 11.3 Å². The van der Waals surface area contributed by atoms with E-state index < -0.39 is 11.6 Å². The number of rotatable bonds is 3. The number of aryl methyl sites for hydroxylation is 1. The third-order valence-electron chi connectivity index (χ3n) is 4.31. The highest BCUT2D eigenvalue weighted by Gasteiger charge is 2.29. The molecule has 0 saturated heterocycles. The molecule has 2 aromatic heterocycles. The number of amides is 1. The van der Waals surface area contributed by atoms with Gasteiger partial charge < -0.3 is 16.0 Å². The number of nitrogens with one attached hydrogen (secondary N) is 2. The second kappa shape index (κ2) is 6.07. The highest BCUT2D eigenvalue weighted by Crippen LogP contribution is 2.35. The summed E-state index contributed by atoms with van der Waals surface area (Å²) in [6, 6.07) is 2.45. The summed E-state index contributed by atoms with van der Waals surface area (Å²) in [6.45, 7) is 0.0972. The molecule has 9 heteroatoms. The number of aromatic amines is 1. The first kappa shape index (κ1) is 15.9. The molecule has 1 aliphatic carbocycles. The van der Waals surface area contributed by atoms with Gasteiger partial charge in [0.2, 0.25) is 5.91 Å². The molecule has 3 aromatic rings. The minimum atomic E-state index is -0.999. The van der Waals surface area contributed by atoms with Crippen LogP contribution in [0.4, 0.5) is 13.9 Å². The fourth-order valence-corrected chi connectivity index (χ4v) is 4.07. The summed E-state index contributed by atoms with van der Waals surface area (Å²) in [5, 5.41) is 3.26. The van der Waals surface area contributed by atoms with Gasteiger partial charge in [0.15, 0.2) is 16.8 Å². The molecule has 0 bridgehead atoms. The Morgan fingerprint density at radius 1 is 1.40 bits per heavy atom. The van der Waals surface area contributed by atoms with Crippen molar-refractivity contribution in [3.05, 3.63) is 40.2 Å². The Morgan fingerprint density at radius 3 is 3.08 bits per heavy atom. The van der Waals surface area contributed by atoms with Crippen LogP contribution in [-0.2, 0) is 17.8 Å². The van der Waals surface area contributed by atoms with Gasteiger partial charge in [-0.25, -0.2) is 18.7 Å². The molecule has 2 heterocycles. The van der Waals surface area contributed by atoms with Crippen molar-refractivity contribution < 1.29 is 13.6 Å². The average molecular weight is 363 g/mol. The number of benzene rings is 1. The number of imidazole rings is 1. The van der Waals surface area contributed by atoms with E-state index in [2.05, 4.69) is 20.3 Å². The molecule has 4 rings (SSSR count). The summed E-state index contributed by atoms with van der Waals surface area (Å²) in [4.78, 5) is 24.8. The van der Waals surface area contributed by atoms with Crippen LogP contribution in [0.3, 0.4) is 0 Å². The zero-order chi connectivity index (χ0) is 17.6. The molecule has 4 N–H and O–H groups in total. The van der Waals surface area contributed by atoms with E-state index >= 15 is 0 Å². The molecule has 130 valence electrons. The van der Waals surface area contributed by atoms with Gasteiger partial charge in [0.05, 0.1) is 23.7 Å². The summed E-state index contributed by atoms with van der Waals surface area (Å²) < 4.78 is 26.9. The van der Waals surface area contributed by atoms with Gasteiger partial charge in [-0.1, -0.05) is 0 Å². The smallest absolute Gasteiger partial charge is 0.229 e. The van der Waals surface area contributed by atoms with Crippen LogP contribution in [0.5, 0.6) is 0 Å². The summed E-state index contributed by atoms with van der Waals surface area (Å²) in [7, 11) is 0. The number of nitrogens with two attached hydrogens (primary N) is 1. The lowest BCUT2D eigenvalue weighted by Gasteiger charge is -2.20. The number of nitrogen functional groups attached to an aromatic ring is 1. The van der Waals surface area contributed by atoms with Gasteiger partial charge >= 0.3 is 0 Å². The highest BCUT2D eigenvalue weighted by molar-refractivity contribution is 7.15. The number of aromatic nitrogens is 3. The molecule has 0 spiro atoms. The number of halogens is 2. The zero-order valence-corrected chi connectivity index (χ0v) is 13.9. The van der Waals surface area contributed by atoms with Gasteiger partial charge in [0, 0.05) is 4.88 Å². The number of nitrogens with zero attached hydrogens (tertiary/aromatic N) is 2. The van der Waals surface area contributed by atoms with E-state index in [1.807, 2.05) is 0 Å². The number of anilines is 1. The fourth-order valence-electron chi connectivity index (χ4n) is 3.14. The van der Waals surface area contributed by atoms with E-state index in [1.54, 1.807) is 0 Å². The molecule has 1 atom stereocenters. The molecular formula is C16H15F2N5OS. The number of thiazole rings is 1.